The zero-order chi connectivity index (χ0) is 16.2. The molecule has 0 fully saturated rings. The van der Waals surface area contributed by atoms with Crippen LogP contribution in [0.3, 0.4) is 0 Å². The number of aromatic nitrogens is 1. The Morgan fingerprint density at radius 3 is 2.74 bits per heavy atom. The third-order valence-electron chi connectivity index (χ3n) is 3.09. The number of halogens is 2. The molecule has 0 aliphatic heterocycles. The Morgan fingerprint density at radius 2 is 2.00 bits per heavy atom. The summed E-state index contributed by atoms with van der Waals surface area (Å²) in [6, 6.07) is 15.0. The quantitative estimate of drug-likeness (QED) is 0.628. The average Bonchev–Trinajstić information content (AvgIpc) is 2.98. The van der Waals surface area contributed by atoms with Crippen LogP contribution in [0.2, 0.25) is 5.02 Å². The summed E-state index contributed by atoms with van der Waals surface area (Å²) in [5, 5.41) is 6.29. The van der Waals surface area contributed by atoms with Crippen LogP contribution in [0.15, 0.2) is 58.4 Å². The van der Waals surface area contributed by atoms with E-state index in [0.717, 1.165) is 26.4 Å². The predicted octanol–water partition coefficient (Wildman–Crippen LogP) is 5.41. The van der Waals surface area contributed by atoms with Gasteiger partial charge in [0.05, 0.1) is 12.1 Å². The minimum atomic E-state index is -0.0877. The standard InChI is InChI=1S/C17H12BrClN2OS/c18-12-4-6-14(7-5-12)20-16(22)9-15-10-23-17(21-15)11-2-1-3-13(19)8-11/h1-8,10H,9H2,(H,20,22). The molecule has 0 saturated heterocycles. The summed E-state index contributed by atoms with van der Waals surface area (Å²) in [5.41, 5.74) is 2.48. The van der Waals surface area contributed by atoms with Crippen molar-refractivity contribution in [1.82, 2.24) is 4.98 Å². The molecule has 6 heteroatoms. The predicted molar refractivity (Wildman–Crippen MR) is 99.0 cm³/mol. The first kappa shape index (κ1) is 16.2. The van der Waals surface area contributed by atoms with Gasteiger partial charge in [-0.1, -0.05) is 39.7 Å². The number of amides is 1. The first-order valence-corrected chi connectivity index (χ1v) is 8.91. The van der Waals surface area contributed by atoms with Crippen molar-refractivity contribution in [2.24, 2.45) is 0 Å². The summed E-state index contributed by atoms with van der Waals surface area (Å²) in [5.74, 6) is -0.0877. The third kappa shape index (κ3) is 4.41. The molecule has 0 aliphatic carbocycles. The van der Waals surface area contributed by atoms with Crippen molar-refractivity contribution in [3.8, 4) is 10.6 Å². The molecule has 3 nitrogen and oxygen atoms in total. The van der Waals surface area contributed by atoms with Crippen LogP contribution in [-0.2, 0) is 11.2 Å². The van der Waals surface area contributed by atoms with Gasteiger partial charge in [-0.15, -0.1) is 11.3 Å². The van der Waals surface area contributed by atoms with Gasteiger partial charge in [-0.05, 0) is 36.4 Å². The molecule has 23 heavy (non-hydrogen) atoms. The summed E-state index contributed by atoms with van der Waals surface area (Å²) in [6.07, 6.45) is 0.243. The minimum Gasteiger partial charge on any atom is -0.326 e. The zero-order valence-electron chi connectivity index (χ0n) is 11.9. The van der Waals surface area contributed by atoms with Crippen molar-refractivity contribution in [2.45, 2.75) is 6.42 Å². The number of benzene rings is 2. The molecule has 0 atom stereocenters. The number of nitrogens with one attached hydrogen (secondary N) is 1. The minimum absolute atomic E-state index is 0.0877. The summed E-state index contributed by atoms with van der Waals surface area (Å²) in [6.45, 7) is 0. The molecule has 2 aromatic carbocycles. The highest BCUT2D eigenvalue weighted by atomic mass is 79.9. The van der Waals surface area contributed by atoms with Crippen LogP contribution in [0.1, 0.15) is 5.69 Å². The lowest BCUT2D eigenvalue weighted by atomic mass is 10.2. The lowest BCUT2D eigenvalue weighted by molar-refractivity contribution is -0.115. The van der Waals surface area contributed by atoms with Gasteiger partial charge >= 0.3 is 0 Å². The first-order valence-electron chi connectivity index (χ1n) is 6.86. The van der Waals surface area contributed by atoms with Crippen molar-refractivity contribution < 1.29 is 4.79 Å². The molecule has 116 valence electrons. The van der Waals surface area contributed by atoms with Crippen LogP contribution in [-0.4, -0.2) is 10.9 Å². The maximum atomic E-state index is 12.1. The van der Waals surface area contributed by atoms with Gasteiger partial charge in [-0.2, -0.15) is 0 Å². The SMILES string of the molecule is O=C(Cc1csc(-c2cccc(Cl)c2)n1)Nc1ccc(Br)cc1. The number of carbonyl (C=O) groups is 1. The van der Waals surface area contributed by atoms with E-state index in [1.165, 1.54) is 11.3 Å². The van der Waals surface area contributed by atoms with Crippen molar-refractivity contribution in [3.63, 3.8) is 0 Å². The number of hydrogen-bond donors (Lipinski definition) is 1. The Balaban J connectivity index is 1.66. The normalized spacial score (nSPS) is 10.5. The molecule has 1 aromatic heterocycles. The number of rotatable bonds is 4. The number of hydrogen-bond acceptors (Lipinski definition) is 3. The zero-order valence-corrected chi connectivity index (χ0v) is 15.1. The van der Waals surface area contributed by atoms with E-state index in [2.05, 4.69) is 26.2 Å². The van der Waals surface area contributed by atoms with Crippen LogP contribution in [0.4, 0.5) is 5.69 Å². The molecule has 1 heterocycles. The second-order valence-corrected chi connectivity index (χ2v) is 7.10. The summed E-state index contributed by atoms with van der Waals surface area (Å²) in [4.78, 5) is 16.6. The van der Waals surface area contributed by atoms with Gasteiger partial charge < -0.3 is 5.32 Å². The van der Waals surface area contributed by atoms with Crippen molar-refractivity contribution in [1.29, 1.82) is 0 Å². The van der Waals surface area contributed by atoms with Gasteiger partial charge in [0.25, 0.3) is 0 Å². The van der Waals surface area contributed by atoms with Crippen LogP contribution in [0, 0.1) is 0 Å². The van der Waals surface area contributed by atoms with E-state index >= 15 is 0 Å². The average molecular weight is 408 g/mol. The number of anilines is 1. The van der Waals surface area contributed by atoms with Crippen LogP contribution in [0.25, 0.3) is 10.6 Å². The molecule has 1 amide bonds. The molecule has 0 bridgehead atoms. The van der Waals surface area contributed by atoms with E-state index < -0.39 is 0 Å². The van der Waals surface area contributed by atoms with Gasteiger partial charge in [0, 0.05) is 26.1 Å². The van der Waals surface area contributed by atoms with E-state index in [9.17, 15) is 4.79 Å². The highest BCUT2D eigenvalue weighted by Gasteiger charge is 2.09. The van der Waals surface area contributed by atoms with E-state index in [4.69, 9.17) is 11.6 Å². The van der Waals surface area contributed by atoms with Crippen molar-refractivity contribution in [2.75, 3.05) is 5.32 Å². The Bertz CT molecular complexity index is 833. The Kier molecular flexibility index (Phi) is 5.10. The van der Waals surface area contributed by atoms with Crippen molar-refractivity contribution >= 4 is 50.5 Å². The van der Waals surface area contributed by atoms with Gasteiger partial charge in [0.15, 0.2) is 0 Å². The Labute approximate surface area is 151 Å². The van der Waals surface area contributed by atoms with Gasteiger partial charge in [-0.3, -0.25) is 4.79 Å². The molecule has 1 N–H and O–H groups in total. The summed E-state index contributed by atoms with van der Waals surface area (Å²) in [7, 11) is 0. The van der Waals surface area contributed by atoms with E-state index in [1.54, 1.807) is 0 Å². The van der Waals surface area contributed by atoms with E-state index in [-0.39, 0.29) is 12.3 Å². The summed E-state index contributed by atoms with van der Waals surface area (Å²) >= 11 is 10.9. The van der Waals surface area contributed by atoms with Gasteiger partial charge in [-0.25, -0.2) is 4.98 Å². The molecule has 0 radical (unpaired) electrons. The Morgan fingerprint density at radius 1 is 1.22 bits per heavy atom. The smallest absolute Gasteiger partial charge is 0.230 e. The highest BCUT2D eigenvalue weighted by Crippen LogP contribution is 2.26. The number of thiazole rings is 1. The van der Waals surface area contributed by atoms with Gasteiger partial charge in [0.2, 0.25) is 5.91 Å². The number of carbonyl (C=O) groups excluding carboxylic acids is 1. The van der Waals surface area contributed by atoms with Crippen LogP contribution in [0.5, 0.6) is 0 Å². The Hall–Kier alpha value is -1.69. The second kappa shape index (κ2) is 7.25. The lowest BCUT2D eigenvalue weighted by Gasteiger charge is -2.03. The molecular formula is C17H12BrClN2OS. The molecule has 0 saturated carbocycles. The van der Waals surface area contributed by atoms with Gasteiger partial charge in [0.1, 0.15) is 5.01 Å². The fourth-order valence-corrected chi connectivity index (χ4v) is 3.32. The van der Waals surface area contributed by atoms with Crippen LogP contribution < -0.4 is 5.32 Å². The molecule has 3 rings (SSSR count). The van der Waals surface area contributed by atoms with E-state index in [0.29, 0.717) is 5.02 Å². The van der Waals surface area contributed by atoms with Crippen molar-refractivity contribution in [3.05, 3.63) is 69.1 Å². The fourth-order valence-electron chi connectivity index (χ4n) is 2.05. The molecule has 0 spiro atoms. The highest BCUT2D eigenvalue weighted by molar-refractivity contribution is 9.10. The van der Waals surface area contributed by atoms with E-state index in [1.807, 2.05) is 53.9 Å². The maximum Gasteiger partial charge on any atom is 0.230 e. The third-order valence-corrected chi connectivity index (χ3v) is 4.80. The number of nitrogens with zero attached hydrogens (tertiary/aromatic N) is 1. The molecule has 0 aliphatic rings. The topological polar surface area (TPSA) is 42.0 Å². The molecule has 3 aromatic rings. The fraction of sp³-hybridized carbons (Fsp3) is 0.0588. The second-order valence-electron chi connectivity index (χ2n) is 4.89. The first-order chi connectivity index (χ1) is 11.1. The maximum absolute atomic E-state index is 12.1. The molecule has 0 unspecified atom stereocenters. The lowest BCUT2D eigenvalue weighted by Crippen LogP contribution is -2.14. The summed E-state index contributed by atoms with van der Waals surface area (Å²) < 4.78 is 0.973. The van der Waals surface area contributed by atoms with Crippen LogP contribution >= 0.6 is 38.9 Å². The molecular weight excluding hydrogens is 396 g/mol. The largest absolute Gasteiger partial charge is 0.326 e. The monoisotopic (exact) mass is 406 g/mol.